The summed E-state index contributed by atoms with van der Waals surface area (Å²) < 4.78 is 5.55. The minimum atomic E-state index is -0.275. The molecule has 0 amide bonds. The molecule has 0 atom stereocenters. The molecule has 7 aromatic carbocycles. The van der Waals surface area contributed by atoms with Gasteiger partial charge in [-0.1, -0.05) is 142 Å². The third kappa shape index (κ3) is 4.77. The zero-order valence-electron chi connectivity index (χ0n) is 39.7. The van der Waals surface area contributed by atoms with Crippen molar-refractivity contribution in [3.05, 3.63) is 154 Å². The first-order valence-corrected chi connectivity index (χ1v) is 25.1. The standard InChI is InChI=1S/C61H57BN2S/c1-57(2)24-25-58(3,4)44-30-36(22-23-42(44)57)63-48-33-50-51(38-18-13-14-21-49(38)65-50)52-39-20-15-19-37-40-28-34-16-11-12-17-35(34)29-47(40)64(54(37)39)62(53(48)52)56-55(63)41-31-45-46(32-43(41)61(56,9)10)60(7,8)27-26-59(45,5)6/h11-23,28-33H,24-27H2,1-10H3. The Hall–Kier alpha value is -5.58. The van der Waals surface area contributed by atoms with Crippen molar-refractivity contribution < 1.29 is 0 Å². The number of hydrogen-bond acceptors (Lipinski definition) is 2. The van der Waals surface area contributed by atoms with Gasteiger partial charge >= 0.3 is 6.85 Å². The second-order valence-corrected chi connectivity index (χ2v) is 24.9. The molecule has 0 fully saturated rings. The number of fused-ring (bicyclic) bond motifs is 15. The van der Waals surface area contributed by atoms with Gasteiger partial charge in [-0.05, 0) is 145 Å². The van der Waals surface area contributed by atoms with Crippen molar-refractivity contribution in [3.63, 3.8) is 0 Å². The van der Waals surface area contributed by atoms with E-state index >= 15 is 0 Å². The van der Waals surface area contributed by atoms with Crippen LogP contribution in [0.1, 0.15) is 128 Å². The van der Waals surface area contributed by atoms with Crippen molar-refractivity contribution >= 4 is 93.5 Å². The van der Waals surface area contributed by atoms with E-state index in [-0.39, 0.29) is 33.9 Å². The van der Waals surface area contributed by atoms with Gasteiger partial charge in [0.15, 0.2) is 0 Å². The topological polar surface area (TPSA) is 8.17 Å². The van der Waals surface area contributed by atoms with Crippen molar-refractivity contribution in [1.82, 2.24) is 4.48 Å². The molecule has 2 nitrogen and oxygen atoms in total. The highest BCUT2D eigenvalue weighted by atomic mass is 32.1. The van der Waals surface area contributed by atoms with Crippen LogP contribution in [0.25, 0.3) is 69.6 Å². The molecular weight excluding hydrogens is 804 g/mol. The van der Waals surface area contributed by atoms with Gasteiger partial charge in [0, 0.05) is 75.6 Å². The first kappa shape index (κ1) is 38.7. The molecule has 0 spiro atoms. The fourth-order valence-electron chi connectivity index (χ4n) is 14.0. The number of para-hydroxylation sites is 1. The fraction of sp³-hybridized carbons (Fsp3) is 0.311. The number of anilines is 2. The number of benzene rings is 7. The van der Waals surface area contributed by atoms with E-state index in [0.717, 1.165) is 0 Å². The zero-order valence-corrected chi connectivity index (χ0v) is 40.5. The molecule has 0 bridgehead atoms. The Morgan fingerprint density at radius 3 is 1.88 bits per heavy atom. The number of aromatic nitrogens is 1. The summed E-state index contributed by atoms with van der Waals surface area (Å²) in [6.45, 7) is 25.0. The minimum absolute atomic E-state index is 0.0150. The number of nitrogens with zero attached hydrogens (tertiary/aromatic N) is 2. The molecular formula is C61H57BN2S. The van der Waals surface area contributed by atoms with Crippen LogP contribution in [0.4, 0.5) is 11.4 Å². The Morgan fingerprint density at radius 1 is 0.508 bits per heavy atom. The summed E-state index contributed by atoms with van der Waals surface area (Å²) in [5.74, 6) is 0. The van der Waals surface area contributed by atoms with Gasteiger partial charge in [0.25, 0.3) is 0 Å². The largest absolute Gasteiger partial charge is 0.376 e. The van der Waals surface area contributed by atoms with Crippen LogP contribution >= 0.6 is 11.3 Å². The predicted molar refractivity (Wildman–Crippen MR) is 282 cm³/mol. The number of allylic oxidation sites excluding steroid dienone is 1. The molecule has 2 aromatic heterocycles. The first-order chi connectivity index (χ1) is 31.0. The third-order valence-electron chi connectivity index (χ3n) is 17.9. The SMILES string of the molecule is CC1(C)CCC(C)(C)c2cc(N3C4=C(B5c6c3cc3sc7ccccc7c3c6-c3cccc6c7cc8ccccc8cc7n5c36)C(C)(C)c3cc5c(cc34)C(C)(C)CCC5(C)C)ccc21. The van der Waals surface area contributed by atoms with Gasteiger partial charge in [-0.3, -0.25) is 0 Å². The van der Waals surface area contributed by atoms with E-state index < -0.39 is 0 Å². The number of thiophene rings is 1. The number of rotatable bonds is 1. The Kier molecular flexibility index (Phi) is 7.17. The Balaban J connectivity index is 1.19. The molecule has 5 aliphatic rings. The summed E-state index contributed by atoms with van der Waals surface area (Å²) in [4.78, 5) is 2.79. The van der Waals surface area contributed by atoms with Gasteiger partial charge in [0.2, 0.25) is 0 Å². The summed E-state index contributed by atoms with van der Waals surface area (Å²) in [5.41, 5.74) is 21.6. The van der Waals surface area contributed by atoms with Gasteiger partial charge in [0.05, 0.1) is 0 Å². The minimum Gasteiger partial charge on any atom is -0.376 e. The molecule has 0 unspecified atom stereocenters. The summed E-state index contributed by atoms with van der Waals surface area (Å²) in [7, 11) is 0. The van der Waals surface area contributed by atoms with Crippen LogP contribution in [0, 0.1) is 0 Å². The van der Waals surface area contributed by atoms with Crippen LogP contribution in [-0.4, -0.2) is 11.3 Å². The average molecular weight is 861 g/mol. The van der Waals surface area contributed by atoms with Crippen molar-refractivity contribution in [2.75, 3.05) is 4.90 Å². The lowest BCUT2D eigenvalue weighted by molar-refractivity contribution is 0.331. The molecule has 0 N–H and O–H groups in total. The molecule has 2 aliphatic heterocycles. The van der Waals surface area contributed by atoms with Gasteiger partial charge in [-0.25, -0.2) is 0 Å². The van der Waals surface area contributed by atoms with Crippen molar-refractivity contribution in [3.8, 4) is 11.1 Å². The van der Waals surface area contributed by atoms with Crippen LogP contribution < -0.4 is 10.4 Å². The van der Waals surface area contributed by atoms with E-state index in [1.807, 2.05) is 11.3 Å². The lowest BCUT2D eigenvalue weighted by atomic mass is 9.40. The van der Waals surface area contributed by atoms with E-state index in [1.54, 1.807) is 5.56 Å². The lowest BCUT2D eigenvalue weighted by Crippen LogP contribution is -2.52. The molecule has 4 heterocycles. The highest BCUT2D eigenvalue weighted by molar-refractivity contribution is 7.26. The van der Waals surface area contributed by atoms with Crippen molar-refractivity contribution in [1.29, 1.82) is 0 Å². The molecule has 3 aliphatic carbocycles. The van der Waals surface area contributed by atoms with Crippen LogP contribution in [0.15, 0.2) is 121 Å². The van der Waals surface area contributed by atoms with Gasteiger partial charge in [-0.15, -0.1) is 11.3 Å². The third-order valence-corrected chi connectivity index (χ3v) is 19.0. The zero-order chi connectivity index (χ0) is 44.5. The molecule has 320 valence electrons. The molecule has 0 radical (unpaired) electrons. The normalized spacial score (nSPS) is 20.1. The quantitative estimate of drug-likeness (QED) is 0.149. The van der Waals surface area contributed by atoms with E-state index in [0.29, 0.717) is 0 Å². The molecule has 65 heavy (non-hydrogen) atoms. The Morgan fingerprint density at radius 2 is 1.14 bits per heavy atom. The second kappa shape index (κ2) is 12.1. The monoisotopic (exact) mass is 860 g/mol. The van der Waals surface area contributed by atoms with E-state index in [2.05, 4.69) is 194 Å². The van der Waals surface area contributed by atoms with E-state index in [1.165, 1.54) is 145 Å². The maximum absolute atomic E-state index is 2.82. The molecule has 0 saturated carbocycles. The molecule has 14 rings (SSSR count). The maximum atomic E-state index is 2.82. The molecule has 0 saturated heterocycles. The summed E-state index contributed by atoms with van der Waals surface area (Å²) in [5, 5.41) is 8.06. The second-order valence-electron chi connectivity index (χ2n) is 23.8. The van der Waals surface area contributed by atoms with Crippen LogP contribution in [0.5, 0.6) is 0 Å². The van der Waals surface area contributed by atoms with Crippen LogP contribution in [-0.2, 0) is 27.1 Å². The van der Waals surface area contributed by atoms with Gasteiger partial charge in [-0.2, -0.15) is 0 Å². The highest BCUT2D eigenvalue weighted by Gasteiger charge is 2.55. The summed E-state index contributed by atoms with van der Waals surface area (Å²) >= 11 is 1.97. The van der Waals surface area contributed by atoms with Crippen LogP contribution in [0.3, 0.4) is 0 Å². The van der Waals surface area contributed by atoms with Crippen LogP contribution in [0.2, 0.25) is 0 Å². The van der Waals surface area contributed by atoms with Crippen molar-refractivity contribution in [2.24, 2.45) is 0 Å². The smallest absolute Gasteiger partial charge is 0.329 e. The Bertz CT molecular complexity index is 3710. The Labute approximate surface area is 388 Å². The average Bonchev–Trinajstić information content (AvgIpc) is 3.89. The number of hydrogen-bond donors (Lipinski definition) is 0. The highest BCUT2D eigenvalue weighted by Crippen LogP contribution is 2.61. The summed E-state index contributed by atoms with van der Waals surface area (Å²) in [6.07, 6.45) is 4.78. The van der Waals surface area contributed by atoms with E-state index in [4.69, 9.17) is 0 Å². The van der Waals surface area contributed by atoms with Gasteiger partial charge in [0.1, 0.15) is 0 Å². The van der Waals surface area contributed by atoms with E-state index in [9.17, 15) is 0 Å². The fourth-order valence-corrected chi connectivity index (χ4v) is 15.2. The maximum Gasteiger partial charge on any atom is 0.329 e. The molecule has 4 heteroatoms. The summed E-state index contributed by atoms with van der Waals surface area (Å²) in [6, 6.07) is 46.0. The van der Waals surface area contributed by atoms with Crippen molar-refractivity contribution in [2.45, 2.75) is 122 Å². The lowest BCUT2D eigenvalue weighted by Gasteiger charge is -2.45. The first-order valence-electron chi connectivity index (χ1n) is 24.3. The van der Waals surface area contributed by atoms with Gasteiger partial charge < -0.3 is 9.38 Å². The predicted octanol–water partition coefficient (Wildman–Crippen LogP) is 16.1. The molecule has 9 aromatic rings.